The largest absolute Gasteiger partial charge is 0.482 e. The van der Waals surface area contributed by atoms with Crippen LogP contribution in [0.1, 0.15) is 16.1 Å². The average Bonchev–Trinajstić information content (AvgIpc) is 3.12. The molecule has 7 heteroatoms. The van der Waals surface area contributed by atoms with Crippen molar-refractivity contribution in [2.45, 2.75) is 6.54 Å². The van der Waals surface area contributed by atoms with Gasteiger partial charge in [-0.3, -0.25) is 9.59 Å². The summed E-state index contributed by atoms with van der Waals surface area (Å²) in [6, 6.07) is 18.1. The van der Waals surface area contributed by atoms with Crippen molar-refractivity contribution < 1.29 is 18.7 Å². The van der Waals surface area contributed by atoms with Crippen LogP contribution < -0.4 is 15.0 Å². The molecule has 0 saturated heterocycles. The fourth-order valence-corrected chi connectivity index (χ4v) is 3.15. The number of nitrogens with zero attached hydrogens (tertiary/aromatic N) is 1. The number of carbonyl (C=O) groups is 2. The van der Waals surface area contributed by atoms with Crippen LogP contribution in [0, 0.1) is 0 Å². The van der Waals surface area contributed by atoms with Crippen LogP contribution in [0.5, 0.6) is 5.75 Å². The number of anilines is 2. The van der Waals surface area contributed by atoms with E-state index in [1.165, 1.54) is 0 Å². The van der Waals surface area contributed by atoms with Gasteiger partial charge < -0.3 is 19.4 Å². The minimum atomic E-state index is -0.377. The maximum absolute atomic E-state index is 12.4. The maximum atomic E-state index is 12.4. The number of halogens is 1. The van der Waals surface area contributed by atoms with E-state index in [0.29, 0.717) is 28.3 Å². The molecule has 1 aromatic heterocycles. The third-order valence-electron chi connectivity index (χ3n) is 4.14. The second-order valence-corrected chi connectivity index (χ2v) is 6.78. The molecule has 1 N–H and O–H groups in total. The van der Waals surface area contributed by atoms with E-state index in [2.05, 4.69) is 21.2 Å². The van der Waals surface area contributed by atoms with E-state index < -0.39 is 0 Å². The first-order chi connectivity index (χ1) is 13.1. The molecule has 1 aliphatic heterocycles. The van der Waals surface area contributed by atoms with Crippen molar-refractivity contribution in [2.24, 2.45) is 0 Å². The Bertz CT molecular complexity index is 1000. The van der Waals surface area contributed by atoms with Crippen LogP contribution in [0.25, 0.3) is 0 Å². The summed E-state index contributed by atoms with van der Waals surface area (Å²) in [5, 5.41) is 2.77. The lowest BCUT2D eigenvalue weighted by atomic mass is 10.1. The first-order valence-corrected chi connectivity index (χ1v) is 9.07. The van der Waals surface area contributed by atoms with Gasteiger partial charge in [0.1, 0.15) is 5.75 Å². The summed E-state index contributed by atoms with van der Waals surface area (Å²) < 4.78 is 11.3. The number of rotatable bonds is 4. The Morgan fingerprint density at radius 3 is 2.67 bits per heavy atom. The van der Waals surface area contributed by atoms with Crippen molar-refractivity contribution in [3.05, 3.63) is 76.7 Å². The summed E-state index contributed by atoms with van der Waals surface area (Å²) in [5.41, 5.74) is 2.17. The highest BCUT2D eigenvalue weighted by atomic mass is 79.9. The van der Waals surface area contributed by atoms with Crippen molar-refractivity contribution in [2.75, 3.05) is 16.8 Å². The standard InChI is InChI=1S/C20H15BrN2O4/c21-18-9-8-17(27-18)20(25)22-14-6-7-16-15(10-14)23(19(24)12-26-16)11-13-4-2-1-3-5-13/h1-10H,11-12H2,(H,22,25). The molecule has 27 heavy (non-hydrogen) atoms. The van der Waals surface area contributed by atoms with Crippen molar-refractivity contribution >= 4 is 39.1 Å². The highest BCUT2D eigenvalue weighted by Crippen LogP contribution is 2.35. The Kier molecular flexibility index (Phi) is 4.68. The number of hydrogen-bond donors (Lipinski definition) is 1. The number of benzene rings is 2. The van der Waals surface area contributed by atoms with E-state index >= 15 is 0 Å². The van der Waals surface area contributed by atoms with Crippen LogP contribution in [-0.2, 0) is 11.3 Å². The van der Waals surface area contributed by atoms with Gasteiger partial charge in [-0.05, 0) is 51.8 Å². The molecule has 0 aliphatic carbocycles. The molecule has 3 aromatic rings. The molecule has 0 spiro atoms. The summed E-state index contributed by atoms with van der Waals surface area (Å²) in [5.74, 6) is 0.278. The second-order valence-electron chi connectivity index (χ2n) is 5.99. The van der Waals surface area contributed by atoms with E-state index in [9.17, 15) is 9.59 Å². The van der Waals surface area contributed by atoms with Gasteiger partial charge in [0.25, 0.3) is 11.8 Å². The Labute approximate surface area is 163 Å². The van der Waals surface area contributed by atoms with Gasteiger partial charge in [-0.25, -0.2) is 0 Å². The van der Waals surface area contributed by atoms with Gasteiger partial charge in [0, 0.05) is 5.69 Å². The molecule has 0 bridgehead atoms. The zero-order valence-electron chi connectivity index (χ0n) is 14.1. The van der Waals surface area contributed by atoms with Gasteiger partial charge in [-0.15, -0.1) is 0 Å². The van der Waals surface area contributed by atoms with Crippen LogP contribution in [0.15, 0.2) is 69.8 Å². The molecular formula is C20H15BrN2O4. The maximum Gasteiger partial charge on any atom is 0.291 e. The fraction of sp³-hybridized carbons (Fsp3) is 0.100. The molecule has 6 nitrogen and oxygen atoms in total. The first-order valence-electron chi connectivity index (χ1n) is 8.28. The number of furan rings is 1. The quantitative estimate of drug-likeness (QED) is 0.677. The van der Waals surface area contributed by atoms with E-state index in [1.807, 2.05) is 30.3 Å². The molecule has 0 saturated carbocycles. The first kappa shape index (κ1) is 17.4. The lowest BCUT2D eigenvalue weighted by Gasteiger charge is -2.30. The average molecular weight is 427 g/mol. The van der Waals surface area contributed by atoms with Gasteiger partial charge in [0.2, 0.25) is 0 Å². The summed E-state index contributed by atoms with van der Waals surface area (Å²) >= 11 is 3.17. The molecular weight excluding hydrogens is 412 g/mol. The summed E-state index contributed by atoms with van der Waals surface area (Å²) in [7, 11) is 0. The third kappa shape index (κ3) is 3.73. The number of amides is 2. The zero-order chi connectivity index (χ0) is 18.8. The summed E-state index contributed by atoms with van der Waals surface area (Å²) in [6.45, 7) is 0.421. The summed E-state index contributed by atoms with van der Waals surface area (Å²) in [6.07, 6.45) is 0. The van der Waals surface area contributed by atoms with E-state index in [0.717, 1.165) is 5.56 Å². The molecule has 136 valence electrons. The molecule has 0 fully saturated rings. The lowest BCUT2D eigenvalue weighted by molar-refractivity contribution is -0.121. The number of nitrogens with one attached hydrogen (secondary N) is 1. The normalized spacial score (nSPS) is 13.1. The van der Waals surface area contributed by atoms with Crippen LogP contribution in [-0.4, -0.2) is 18.4 Å². The molecule has 1 aliphatic rings. The number of hydrogen-bond acceptors (Lipinski definition) is 4. The van der Waals surface area contributed by atoms with Crippen molar-refractivity contribution in [3.63, 3.8) is 0 Å². The zero-order valence-corrected chi connectivity index (χ0v) is 15.7. The Morgan fingerprint density at radius 1 is 1.11 bits per heavy atom. The van der Waals surface area contributed by atoms with Crippen LogP contribution >= 0.6 is 15.9 Å². The van der Waals surface area contributed by atoms with Crippen LogP contribution in [0.3, 0.4) is 0 Å². The van der Waals surface area contributed by atoms with Gasteiger partial charge in [0.15, 0.2) is 17.0 Å². The SMILES string of the molecule is O=C(Nc1ccc2c(c1)N(Cc1ccccc1)C(=O)CO2)c1ccc(Br)o1. The van der Waals surface area contributed by atoms with Crippen molar-refractivity contribution in [3.8, 4) is 5.75 Å². The van der Waals surface area contributed by atoms with Crippen LogP contribution in [0.4, 0.5) is 11.4 Å². The number of carbonyl (C=O) groups excluding carboxylic acids is 2. The van der Waals surface area contributed by atoms with Crippen LogP contribution in [0.2, 0.25) is 0 Å². The van der Waals surface area contributed by atoms with E-state index in [4.69, 9.17) is 9.15 Å². The highest BCUT2D eigenvalue weighted by molar-refractivity contribution is 9.10. The predicted octanol–water partition coefficient (Wildman–Crippen LogP) is 4.22. The fourth-order valence-electron chi connectivity index (χ4n) is 2.85. The second kappa shape index (κ2) is 7.28. The molecule has 0 unspecified atom stereocenters. The van der Waals surface area contributed by atoms with E-state index in [1.54, 1.807) is 35.2 Å². The van der Waals surface area contributed by atoms with Gasteiger partial charge in [-0.1, -0.05) is 30.3 Å². The Hall–Kier alpha value is -3.06. The van der Waals surface area contributed by atoms with Gasteiger partial charge in [-0.2, -0.15) is 0 Å². The smallest absolute Gasteiger partial charge is 0.291 e. The lowest BCUT2D eigenvalue weighted by Crippen LogP contribution is -2.38. The minimum absolute atomic E-state index is 0.00797. The number of ether oxygens (including phenoxy) is 1. The molecule has 2 aromatic carbocycles. The molecule has 0 radical (unpaired) electrons. The van der Waals surface area contributed by atoms with Gasteiger partial charge >= 0.3 is 0 Å². The third-order valence-corrected chi connectivity index (χ3v) is 4.57. The highest BCUT2D eigenvalue weighted by Gasteiger charge is 2.26. The monoisotopic (exact) mass is 426 g/mol. The Morgan fingerprint density at radius 2 is 1.93 bits per heavy atom. The minimum Gasteiger partial charge on any atom is -0.482 e. The number of fused-ring (bicyclic) bond motifs is 1. The molecule has 0 atom stereocenters. The Balaban J connectivity index is 1.60. The van der Waals surface area contributed by atoms with Gasteiger partial charge in [0.05, 0.1) is 12.2 Å². The molecule has 2 heterocycles. The predicted molar refractivity (Wildman–Crippen MR) is 104 cm³/mol. The van der Waals surface area contributed by atoms with E-state index in [-0.39, 0.29) is 24.2 Å². The topological polar surface area (TPSA) is 71.8 Å². The molecule has 4 rings (SSSR count). The molecule has 2 amide bonds. The summed E-state index contributed by atoms with van der Waals surface area (Å²) in [4.78, 5) is 26.4. The van der Waals surface area contributed by atoms with Crippen molar-refractivity contribution in [1.29, 1.82) is 0 Å². The van der Waals surface area contributed by atoms with Crippen molar-refractivity contribution in [1.82, 2.24) is 0 Å².